The minimum absolute atomic E-state index is 0.0189. The van der Waals surface area contributed by atoms with Gasteiger partial charge < -0.3 is 0 Å². The molecule has 0 aromatic heterocycles. The van der Waals surface area contributed by atoms with Gasteiger partial charge in [0, 0.05) is 6.42 Å². The molecule has 0 unspecified atom stereocenters. The standard InChI is InChI=1S/C25H41NO2/c1-2-3-4-5-6-7-8-9-10-11-12-16-19-24-20-23(21-25(27)26(24)28)22-17-14-13-15-18-22/h13-15,17-18,23-24,28H,2-12,16,19-21H2,1H3/t23-,24-/m1/s1. The van der Waals surface area contributed by atoms with Crippen molar-refractivity contribution < 1.29 is 10.0 Å². The highest BCUT2D eigenvalue weighted by molar-refractivity contribution is 5.77. The normalized spacial score (nSPS) is 19.9. The van der Waals surface area contributed by atoms with Crippen LogP contribution in [0.2, 0.25) is 0 Å². The van der Waals surface area contributed by atoms with E-state index in [1.165, 1.54) is 76.2 Å². The van der Waals surface area contributed by atoms with Gasteiger partial charge in [0.05, 0.1) is 6.04 Å². The fraction of sp³-hybridized carbons (Fsp3) is 0.720. The monoisotopic (exact) mass is 387 g/mol. The Morgan fingerprint density at radius 3 is 1.96 bits per heavy atom. The highest BCUT2D eigenvalue weighted by Gasteiger charge is 2.33. The zero-order valence-electron chi connectivity index (χ0n) is 18.0. The van der Waals surface area contributed by atoms with Crippen LogP contribution in [0.15, 0.2) is 30.3 Å². The van der Waals surface area contributed by atoms with Gasteiger partial charge in [-0.3, -0.25) is 10.0 Å². The van der Waals surface area contributed by atoms with Gasteiger partial charge >= 0.3 is 0 Å². The highest BCUT2D eigenvalue weighted by Crippen LogP contribution is 2.33. The fourth-order valence-corrected chi connectivity index (χ4v) is 4.46. The van der Waals surface area contributed by atoms with E-state index in [9.17, 15) is 10.0 Å². The molecule has 1 aliphatic rings. The molecule has 3 heteroatoms. The van der Waals surface area contributed by atoms with E-state index in [0.717, 1.165) is 24.3 Å². The summed E-state index contributed by atoms with van der Waals surface area (Å²) in [5.74, 6) is 0.128. The van der Waals surface area contributed by atoms with Crippen LogP contribution in [-0.2, 0) is 4.79 Å². The van der Waals surface area contributed by atoms with Gasteiger partial charge in [0.2, 0.25) is 5.91 Å². The maximum Gasteiger partial charge on any atom is 0.246 e. The molecule has 0 spiro atoms. The topological polar surface area (TPSA) is 40.5 Å². The first kappa shape index (κ1) is 22.9. The molecule has 1 N–H and O–H groups in total. The van der Waals surface area contributed by atoms with E-state index in [1.807, 2.05) is 18.2 Å². The maximum absolute atomic E-state index is 12.2. The SMILES string of the molecule is CCCCCCCCCCCCCC[C@@H]1C[C@@H](c2ccccc2)CC(=O)N1O. The number of piperidine rings is 1. The molecule has 2 atom stereocenters. The van der Waals surface area contributed by atoms with Crippen LogP contribution in [0.5, 0.6) is 0 Å². The van der Waals surface area contributed by atoms with Gasteiger partial charge in [-0.1, -0.05) is 114 Å². The smallest absolute Gasteiger partial charge is 0.246 e. The van der Waals surface area contributed by atoms with Gasteiger partial charge in [-0.2, -0.15) is 0 Å². The zero-order valence-corrected chi connectivity index (χ0v) is 18.0. The number of carbonyl (C=O) groups is 1. The van der Waals surface area contributed by atoms with Gasteiger partial charge in [0.15, 0.2) is 0 Å². The van der Waals surface area contributed by atoms with Crippen molar-refractivity contribution >= 4 is 5.91 Å². The minimum atomic E-state index is -0.121. The highest BCUT2D eigenvalue weighted by atomic mass is 16.5. The fourth-order valence-electron chi connectivity index (χ4n) is 4.46. The largest absolute Gasteiger partial charge is 0.286 e. The summed E-state index contributed by atoms with van der Waals surface area (Å²) in [5, 5.41) is 11.2. The molecule has 158 valence electrons. The van der Waals surface area contributed by atoms with Crippen LogP contribution in [0.4, 0.5) is 0 Å². The van der Waals surface area contributed by atoms with Gasteiger partial charge in [0.25, 0.3) is 0 Å². The molecule has 1 fully saturated rings. The van der Waals surface area contributed by atoms with Crippen molar-refractivity contribution in [1.82, 2.24) is 5.06 Å². The van der Waals surface area contributed by atoms with Crippen molar-refractivity contribution in [3.63, 3.8) is 0 Å². The summed E-state index contributed by atoms with van der Waals surface area (Å²) in [6, 6.07) is 10.3. The Balaban J connectivity index is 1.54. The molecule has 3 nitrogen and oxygen atoms in total. The molecule has 2 rings (SSSR count). The van der Waals surface area contributed by atoms with Crippen molar-refractivity contribution in [2.45, 2.75) is 115 Å². The minimum Gasteiger partial charge on any atom is -0.286 e. The second-order valence-electron chi connectivity index (χ2n) is 8.62. The number of rotatable bonds is 14. The van der Waals surface area contributed by atoms with Gasteiger partial charge in [-0.25, -0.2) is 5.06 Å². The molecule has 1 aromatic carbocycles. The van der Waals surface area contributed by atoms with Gasteiger partial charge in [-0.05, 0) is 24.3 Å². The molecular weight excluding hydrogens is 346 g/mol. The molecule has 28 heavy (non-hydrogen) atoms. The van der Waals surface area contributed by atoms with E-state index in [2.05, 4.69) is 19.1 Å². The first-order chi connectivity index (χ1) is 13.7. The van der Waals surface area contributed by atoms with Crippen LogP contribution in [0.3, 0.4) is 0 Å². The maximum atomic E-state index is 12.2. The first-order valence-corrected chi connectivity index (χ1v) is 11.8. The molecule has 1 aromatic rings. The third kappa shape index (κ3) is 8.34. The molecule has 0 saturated carbocycles. The second kappa shape index (κ2) is 13.8. The molecule has 1 heterocycles. The lowest BCUT2D eigenvalue weighted by Crippen LogP contribution is -2.43. The van der Waals surface area contributed by atoms with Crippen molar-refractivity contribution in [2.24, 2.45) is 0 Å². The van der Waals surface area contributed by atoms with Crippen LogP contribution in [0.25, 0.3) is 0 Å². The third-order valence-electron chi connectivity index (χ3n) is 6.24. The van der Waals surface area contributed by atoms with E-state index in [-0.39, 0.29) is 17.9 Å². The Hall–Kier alpha value is -1.35. The summed E-state index contributed by atoms with van der Waals surface area (Å²) >= 11 is 0. The lowest BCUT2D eigenvalue weighted by atomic mass is 9.84. The van der Waals surface area contributed by atoms with Gasteiger partial charge in [-0.15, -0.1) is 0 Å². The Labute approximate surface area is 172 Å². The predicted molar refractivity (Wildman–Crippen MR) is 117 cm³/mol. The lowest BCUT2D eigenvalue weighted by molar-refractivity contribution is -0.184. The summed E-state index contributed by atoms with van der Waals surface area (Å²) in [7, 11) is 0. The first-order valence-electron chi connectivity index (χ1n) is 11.8. The summed E-state index contributed by atoms with van der Waals surface area (Å²) in [5.41, 5.74) is 1.23. The van der Waals surface area contributed by atoms with Crippen LogP contribution in [-0.4, -0.2) is 22.2 Å². The molecule has 0 aliphatic carbocycles. The number of hydroxylamine groups is 2. The second-order valence-corrected chi connectivity index (χ2v) is 8.62. The van der Waals surface area contributed by atoms with E-state index in [1.54, 1.807) is 0 Å². The van der Waals surface area contributed by atoms with E-state index >= 15 is 0 Å². The van der Waals surface area contributed by atoms with Crippen molar-refractivity contribution in [2.75, 3.05) is 0 Å². The molecule has 0 bridgehead atoms. The summed E-state index contributed by atoms with van der Waals surface area (Å²) in [4.78, 5) is 12.2. The van der Waals surface area contributed by atoms with Crippen molar-refractivity contribution in [1.29, 1.82) is 0 Å². The predicted octanol–water partition coefficient (Wildman–Crippen LogP) is 7.24. The van der Waals surface area contributed by atoms with Crippen LogP contribution >= 0.6 is 0 Å². The Morgan fingerprint density at radius 1 is 0.857 bits per heavy atom. The number of benzene rings is 1. The number of nitrogens with zero attached hydrogens (tertiary/aromatic N) is 1. The number of hydrogen-bond donors (Lipinski definition) is 1. The Morgan fingerprint density at radius 2 is 1.39 bits per heavy atom. The molecular formula is C25H41NO2. The van der Waals surface area contributed by atoms with Crippen molar-refractivity contribution in [3.05, 3.63) is 35.9 Å². The Bertz CT molecular complexity index is 531. The summed E-state index contributed by atoms with van der Waals surface area (Å²) < 4.78 is 0. The summed E-state index contributed by atoms with van der Waals surface area (Å²) in [6.45, 7) is 2.27. The van der Waals surface area contributed by atoms with Gasteiger partial charge in [0.1, 0.15) is 0 Å². The number of unbranched alkanes of at least 4 members (excludes halogenated alkanes) is 11. The number of carbonyl (C=O) groups excluding carboxylic acids is 1. The van der Waals surface area contributed by atoms with Crippen LogP contribution < -0.4 is 0 Å². The average molecular weight is 388 g/mol. The Kier molecular flexibility index (Phi) is 11.3. The number of amides is 1. The lowest BCUT2D eigenvalue weighted by Gasteiger charge is -2.35. The van der Waals surface area contributed by atoms with Crippen molar-refractivity contribution in [3.8, 4) is 0 Å². The van der Waals surface area contributed by atoms with Crippen LogP contribution in [0.1, 0.15) is 115 Å². The van der Waals surface area contributed by atoms with E-state index in [0.29, 0.717) is 6.42 Å². The zero-order chi connectivity index (χ0) is 20.0. The average Bonchev–Trinajstić information content (AvgIpc) is 2.72. The van der Waals surface area contributed by atoms with E-state index < -0.39 is 0 Å². The third-order valence-corrected chi connectivity index (χ3v) is 6.24. The molecule has 1 aliphatic heterocycles. The van der Waals surface area contributed by atoms with Crippen LogP contribution in [0, 0.1) is 0 Å². The molecule has 1 saturated heterocycles. The molecule has 0 radical (unpaired) electrons. The quantitative estimate of drug-likeness (QED) is 0.270. The molecule has 1 amide bonds. The number of hydrogen-bond acceptors (Lipinski definition) is 2. The van der Waals surface area contributed by atoms with E-state index in [4.69, 9.17) is 0 Å². The summed E-state index contributed by atoms with van der Waals surface area (Å²) in [6.07, 6.45) is 18.2.